The third kappa shape index (κ3) is 1.92. The van der Waals surface area contributed by atoms with Gasteiger partial charge in [-0.15, -0.1) is 0 Å². The van der Waals surface area contributed by atoms with Crippen molar-refractivity contribution in [1.29, 1.82) is 0 Å². The highest BCUT2D eigenvalue weighted by Crippen LogP contribution is 2.27. The summed E-state index contributed by atoms with van der Waals surface area (Å²) in [7, 11) is 0. The molecule has 0 aromatic heterocycles. The van der Waals surface area contributed by atoms with E-state index in [-0.39, 0.29) is 0 Å². The molecule has 0 saturated carbocycles. The summed E-state index contributed by atoms with van der Waals surface area (Å²) < 4.78 is 0. The second kappa shape index (κ2) is 3.16. The Morgan fingerprint density at radius 3 is 2.54 bits per heavy atom. The van der Waals surface area contributed by atoms with Crippen molar-refractivity contribution < 1.29 is 15.0 Å². The fourth-order valence-corrected chi connectivity index (χ4v) is 1.68. The molecule has 0 bridgehead atoms. The summed E-state index contributed by atoms with van der Waals surface area (Å²) in [5.74, 6) is 0. The van der Waals surface area contributed by atoms with Crippen molar-refractivity contribution in [2.45, 2.75) is 31.4 Å². The zero-order valence-electron chi connectivity index (χ0n) is 7.92. The number of aliphatic hydroxyl groups is 1. The standard InChI is InChI=1S/C8H16N2O3/c1-7(2,13)8(10-6(11)12)3-4-9-5-8/h9-10,13H,3-5H2,1-2H3,(H,11,12). The van der Waals surface area contributed by atoms with Crippen molar-refractivity contribution in [3.8, 4) is 0 Å². The predicted molar refractivity (Wildman–Crippen MR) is 47.7 cm³/mol. The molecule has 1 saturated heterocycles. The van der Waals surface area contributed by atoms with Crippen molar-refractivity contribution in [2.24, 2.45) is 0 Å². The van der Waals surface area contributed by atoms with Crippen LogP contribution in [0.4, 0.5) is 4.79 Å². The van der Waals surface area contributed by atoms with Crippen LogP contribution in [0.3, 0.4) is 0 Å². The van der Waals surface area contributed by atoms with E-state index in [4.69, 9.17) is 5.11 Å². The van der Waals surface area contributed by atoms with Gasteiger partial charge in [0, 0.05) is 6.54 Å². The summed E-state index contributed by atoms with van der Waals surface area (Å²) in [6.07, 6.45) is -0.478. The lowest BCUT2D eigenvalue weighted by Crippen LogP contribution is -2.62. The van der Waals surface area contributed by atoms with E-state index in [9.17, 15) is 9.90 Å². The van der Waals surface area contributed by atoms with Crippen LogP contribution in [0.15, 0.2) is 0 Å². The Morgan fingerprint density at radius 1 is 1.62 bits per heavy atom. The lowest BCUT2D eigenvalue weighted by molar-refractivity contribution is -0.0106. The number of hydrogen-bond acceptors (Lipinski definition) is 3. The van der Waals surface area contributed by atoms with E-state index in [1.165, 1.54) is 0 Å². The van der Waals surface area contributed by atoms with Gasteiger partial charge in [0.05, 0.1) is 11.1 Å². The first kappa shape index (κ1) is 10.3. The van der Waals surface area contributed by atoms with Gasteiger partial charge in [0.25, 0.3) is 0 Å². The second-order valence-electron chi connectivity index (χ2n) is 4.00. The predicted octanol–water partition coefficient (Wildman–Crippen LogP) is -0.243. The molecule has 0 aromatic rings. The average Bonchev–Trinajstić information content (AvgIpc) is 2.33. The monoisotopic (exact) mass is 188 g/mol. The summed E-state index contributed by atoms with van der Waals surface area (Å²) in [5.41, 5.74) is -1.80. The first-order valence-electron chi connectivity index (χ1n) is 4.32. The van der Waals surface area contributed by atoms with Gasteiger partial charge in [-0.25, -0.2) is 4.79 Å². The highest BCUT2D eigenvalue weighted by atomic mass is 16.4. The van der Waals surface area contributed by atoms with Crippen molar-refractivity contribution >= 4 is 6.09 Å². The highest BCUT2D eigenvalue weighted by molar-refractivity contribution is 5.66. The van der Waals surface area contributed by atoms with Gasteiger partial charge >= 0.3 is 6.09 Å². The molecular weight excluding hydrogens is 172 g/mol. The van der Waals surface area contributed by atoms with Gasteiger partial charge in [0.1, 0.15) is 0 Å². The van der Waals surface area contributed by atoms with Crippen LogP contribution in [0.5, 0.6) is 0 Å². The highest BCUT2D eigenvalue weighted by Gasteiger charge is 2.47. The van der Waals surface area contributed by atoms with Crippen LogP contribution >= 0.6 is 0 Å². The van der Waals surface area contributed by atoms with E-state index < -0.39 is 17.2 Å². The molecule has 13 heavy (non-hydrogen) atoms. The van der Waals surface area contributed by atoms with Crippen LogP contribution in [0, 0.1) is 0 Å². The maximum Gasteiger partial charge on any atom is 0.405 e. The Morgan fingerprint density at radius 2 is 2.23 bits per heavy atom. The van der Waals surface area contributed by atoms with Gasteiger partial charge in [-0.1, -0.05) is 0 Å². The van der Waals surface area contributed by atoms with Crippen LogP contribution in [0.25, 0.3) is 0 Å². The van der Waals surface area contributed by atoms with Crippen LogP contribution in [-0.4, -0.2) is 40.5 Å². The molecular formula is C8H16N2O3. The van der Waals surface area contributed by atoms with E-state index in [2.05, 4.69) is 10.6 Å². The van der Waals surface area contributed by atoms with Crippen molar-refractivity contribution in [3.63, 3.8) is 0 Å². The van der Waals surface area contributed by atoms with E-state index in [1.807, 2.05) is 0 Å². The minimum atomic E-state index is -1.09. The van der Waals surface area contributed by atoms with Gasteiger partial charge in [-0.05, 0) is 26.8 Å². The lowest BCUT2D eigenvalue weighted by Gasteiger charge is -2.39. The van der Waals surface area contributed by atoms with Crippen LogP contribution in [0.2, 0.25) is 0 Å². The molecule has 76 valence electrons. The van der Waals surface area contributed by atoms with Crippen molar-refractivity contribution in [3.05, 3.63) is 0 Å². The number of nitrogens with one attached hydrogen (secondary N) is 2. The van der Waals surface area contributed by atoms with E-state index >= 15 is 0 Å². The zero-order chi connectivity index (χ0) is 10.1. The molecule has 1 fully saturated rings. The smallest absolute Gasteiger partial charge is 0.405 e. The first-order chi connectivity index (χ1) is 5.87. The molecule has 1 atom stereocenters. The van der Waals surface area contributed by atoms with E-state index in [1.54, 1.807) is 13.8 Å². The van der Waals surface area contributed by atoms with Gasteiger partial charge in [-0.2, -0.15) is 0 Å². The number of hydrogen-bond donors (Lipinski definition) is 4. The summed E-state index contributed by atoms with van der Waals surface area (Å²) in [6.45, 7) is 4.44. The number of carbonyl (C=O) groups is 1. The number of amides is 1. The molecule has 4 N–H and O–H groups in total. The van der Waals surface area contributed by atoms with Gasteiger partial charge < -0.3 is 20.8 Å². The summed E-state index contributed by atoms with van der Waals surface area (Å²) in [4.78, 5) is 10.6. The maximum absolute atomic E-state index is 10.6. The second-order valence-corrected chi connectivity index (χ2v) is 4.00. The van der Waals surface area contributed by atoms with Gasteiger partial charge in [0.2, 0.25) is 0 Å². The molecule has 1 aliphatic heterocycles. The Hall–Kier alpha value is -0.810. The van der Waals surface area contributed by atoms with Crippen LogP contribution < -0.4 is 10.6 Å². The Bertz CT molecular complexity index is 204. The third-order valence-electron chi connectivity index (χ3n) is 2.67. The maximum atomic E-state index is 10.6. The molecule has 1 rings (SSSR count). The fourth-order valence-electron chi connectivity index (χ4n) is 1.68. The van der Waals surface area contributed by atoms with Crippen LogP contribution in [0.1, 0.15) is 20.3 Å². The number of rotatable bonds is 2. The molecule has 1 amide bonds. The van der Waals surface area contributed by atoms with Gasteiger partial charge in [-0.3, -0.25) is 0 Å². The summed E-state index contributed by atoms with van der Waals surface area (Å²) >= 11 is 0. The largest absolute Gasteiger partial charge is 0.465 e. The summed E-state index contributed by atoms with van der Waals surface area (Å²) in [5, 5.41) is 23.9. The molecule has 0 aliphatic carbocycles. The molecule has 0 aromatic carbocycles. The molecule has 1 unspecified atom stereocenters. The number of carboxylic acid groups (broad SMARTS) is 1. The minimum absolute atomic E-state index is 0.475. The molecule has 1 heterocycles. The fraction of sp³-hybridized carbons (Fsp3) is 0.875. The molecule has 0 radical (unpaired) electrons. The topological polar surface area (TPSA) is 81.6 Å². The normalized spacial score (nSPS) is 28.8. The SMILES string of the molecule is CC(C)(O)C1(NC(=O)O)CCNC1. The van der Waals surface area contributed by atoms with Gasteiger partial charge in [0.15, 0.2) is 0 Å². The third-order valence-corrected chi connectivity index (χ3v) is 2.67. The molecule has 5 heteroatoms. The quantitative estimate of drug-likeness (QED) is 0.482. The zero-order valence-corrected chi connectivity index (χ0v) is 7.92. The van der Waals surface area contributed by atoms with E-state index in [0.29, 0.717) is 13.0 Å². The van der Waals surface area contributed by atoms with Crippen molar-refractivity contribution in [1.82, 2.24) is 10.6 Å². The molecule has 5 nitrogen and oxygen atoms in total. The molecule has 0 spiro atoms. The first-order valence-corrected chi connectivity index (χ1v) is 4.32. The lowest BCUT2D eigenvalue weighted by atomic mass is 9.81. The molecule has 1 aliphatic rings. The Balaban J connectivity index is 2.81. The van der Waals surface area contributed by atoms with Crippen molar-refractivity contribution in [2.75, 3.05) is 13.1 Å². The van der Waals surface area contributed by atoms with Crippen LogP contribution in [-0.2, 0) is 0 Å². The van der Waals surface area contributed by atoms with E-state index in [0.717, 1.165) is 6.54 Å². The minimum Gasteiger partial charge on any atom is -0.465 e. The average molecular weight is 188 g/mol. The Kier molecular flexibility index (Phi) is 2.49. The summed E-state index contributed by atoms with van der Waals surface area (Å²) in [6, 6.07) is 0. The Labute approximate surface area is 77.1 Å².